The second kappa shape index (κ2) is 7.08. The molecule has 0 bridgehead atoms. The molecule has 0 aromatic heterocycles. The highest BCUT2D eigenvalue weighted by Gasteiger charge is 2.41. The number of carbonyl (C=O) groups excluding carboxylic acids is 2. The first-order chi connectivity index (χ1) is 12.3. The van der Waals surface area contributed by atoms with Crippen LogP contribution < -0.4 is 4.90 Å². The van der Waals surface area contributed by atoms with Gasteiger partial charge in [-0.3, -0.25) is 9.59 Å². The summed E-state index contributed by atoms with van der Waals surface area (Å²) in [7, 11) is 0. The van der Waals surface area contributed by atoms with Gasteiger partial charge in [0, 0.05) is 5.25 Å². The van der Waals surface area contributed by atoms with Crippen molar-refractivity contribution in [3.8, 4) is 0 Å². The van der Waals surface area contributed by atoms with Gasteiger partial charge in [-0.05, 0) is 48.7 Å². The number of amides is 2. The molecule has 0 spiro atoms. The third-order valence-electron chi connectivity index (χ3n) is 4.34. The Morgan fingerprint density at radius 1 is 0.962 bits per heavy atom. The monoisotopic (exact) mass is 369 g/mol. The number of carbonyl (C=O) groups is 2. The van der Waals surface area contributed by atoms with Crippen molar-refractivity contribution >= 4 is 34.8 Å². The van der Waals surface area contributed by atoms with Crippen LogP contribution in [0.15, 0.2) is 47.4 Å². The molecule has 3 nitrogen and oxygen atoms in total. The van der Waals surface area contributed by atoms with Crippen LogP contribution in [-0.2, 0) is 9.59 Å². The summed E-state index contributed by atoms with van der Waals surface area (Å²) in [5.41, 5.74) is 3.40. The minimum absolute atomic E-state index is 0.135. The number of benzene rings is 2. The maximum atomic E-state index is 13.3. The summed E-state index contributed by atoms with van der Waals surface area (Å²) < 4.78 is 13.3. The lowest BCUT2D eigenvalue weighted by Crippen LogP contribution is -2.32. The lowest BCUT2D eigenvalue weighted by atomic mass is 10.1. The molecular weight excluding hydrogens is 349 g/mol. The van der Waals surface area contributed by atoms with E-state index in [1.807, 2.05) is 39.8 Å². The zero-order valence-corrected chi connectivity index (χ0v) is 16.0. The molecule has 0 saturated heterocycles. The Morgan fingerprint density at radius 3 is 2.23 bits per heavy atom. The van der Waals surface area contributed by atoms with Gasteiger partial charge in [0.2, 0.25) is 0 Å². The molecule has 0 radical (unpaired) electrons. The van der Waals surface area contributed by atoms with Crippen molar-refractivity contribution in [3.05, 3.63) is 69.9 Å². The highest BCUT2D eigenvalue weighted by atomic mass is 32.2. The number of thioether (sulfide) groups is 1. The minimum Gasteiger partial charge on any atom is -0.268 e. The lowest BCUT2D eigenvalue weighted by Gasteiger charge is -2.19. The molecule has 2 aromatic carbocycles. The van der Waals surface area contributed by atoms with Crippen molar-refractivity contribution in [1.29, 1.82) is 0 Å². The van der Waals surface area contributed by atoms with E-state index >= 15 is 0 Å². The van der Waals surface area contributed by atoms with Crippen LogP contribution in [0.5, 0.6) is 0 Å². The van der Waals surface area contributed by atoms with Gasteiger partial charge in [-0.15, -0.1) is 11.8 Å². The molecule has 0 aliphatic carbocycles. The molecule has 2 amide bonds. The van der Waals surface area contributed by atoms with E-state index in [-0.39, 0.29) is 22.9 Å². The van der Waals surface area contributed by atoms with E-state index in [9.17, 15) is 14.0 Å². The van der Waals surface area contributed by atoms with Crippen LogP contribution in [0.4, 0.5) is 10.1 Å². The predicted octanol–water partition coefficient (Wildman–Crippen LogP) is 4.87. The summed E-state index contributed by atoms with van der Waals surface area (Å²) >= 11 is 1.36. The van der Waals surface area contributed by atoms with Gasteiger partial charge < -0.3 is 0 Å². The number of halogens is 1. The topological polar surface area (TPSA) is 37.4 Å². The van der Waals surface area contributed by atoms with Crippen LogP contribution in [0.1, 0.15) is 30.5 Å². The van der Waals surface area contributed by atoms with Crippen molar-refractivity contribution in [2.24, 2.45) is 0 Å². The number of hydrogen-bond acceptors (Lipinski definition) is 3. The average molecular weight is 369 g/mol. The Balaban J connectivity index is 2.14. The molecule has 1 aliphatic heterocycles. The van der Waals surface area contributed by atoms with Crippen LogP contribution in [-0.4, -0.2) is 17.1 Å². The molecule has 0 N–H and O–H groups in total. The van der Waals surface area contributed by atoms with E-state index < -0.39 is 0 Å². The van der Waals surface area contributed by atoms with Gasteiger partial charge in [0.1, 0.15) is 5.82 Å². The van der Waals surface area contributed by atoms with Crippen molar-refractivity contribution in [3.63, 3.8) is 0 Å². The molecule has 0 fully saturated rings. The Bertz CT molecular complexity index is 916. The Hall–Kier alpha value is -2.40. The normalized spacial score (nSPS) is 14.8. The molecule has 26 heavy (non-hydrogen) atoms. The fourth-order valence-corrected chi connectivity index (χ4v) is 3.91. The van der Waals surface area contributed by atoms with E-state index in [0.29, 0.717) is 21.7 Å². The van der Waals surface area contributed by atoms with Gasteiger partial charge >= 0.3 is 0 Å². The molecule has 2 aromatic rings. The van der Waals surface area contributed by atoms with Crippen LogP contribution in [0.3, 0.4) is 0 Å². The summed E-state index contributed by atoms with van der Waals surface area (Å²) in [5.74, 6) is -1.06. The number of nitrogens with zero attached hydrogens (tertiary/aromatic N) is 1. The van der Waals surface area contributed by atoms with Gasteiger partial charge in [-0.25, -0.2) is 9.29 Å². The molecule has 3 rings (SSSR count). The zero-order chi connectivity index (χ0) is 19.0. The van der Waals surface area contributed by atoms with E-state index in [0.717, 1.165) is 11.1 Å². The second-order valence-electron chi connectivity index (χ2n) is 6.54. The van der Waals surface area contributed by atoms with Gasteiger partial charge in [0.15, 0.2) is 0 Å². The van der Waals surface area contributed by atoms with Crippen molar-refractivity contribution in [2.45, 2.75) is 32.9 Å². The van der Waals surface area contributed by atoms with Crippen LogP contribution in [0.25, 0.3) is 5.57 Å². The maximum absolute atomic E-state index is 13.3. The van der Waals surface area contributed by atoms with E-state index in [4.69, 9.17) is 0 Å². The van der Waals surface area contributed by atoms with Gasteiger partial charge in [-0.2, -0.15) is 0 Å². The number of aryl methyl sites for hydroxylation is 1. The summed E-state index contributed by atoms with van der Waals surface area (Å²) in [5, 5.41) is 0.135. The average Bonchev–Trinajstić information content (AvgIpc) is 2.82. The molecule has 0 atom stereocenters. The fraction of sp³-hybridized carbons (Fsp3) is 0.238. The highest BCUT2D eigenvalue weighted by Crippen LogP contribution is 2.40. The molecular formula is C21H20FNO2S. The largest absolute Gasteiger partial charge is 0.272 e. The maximum Gasteiger partial charge on any atom is 0.272 e. The lowest BCUT2D eigenvalue weighted by molar-refractivity contribution is -0.119. The third kappa shape index (κ3) is 3.19. The molecule has 134 valence electrons. The summed E-state index contributed by atoms with van der Waals surface area (Å²) in [6.07, 6.45) is 0. The SMILES string of the molecule is Cc1cccc(N2C(=O)C(SC(C)C)=C(c3ccc(F)cc3)C2=O)c1C. The van der Waals surface area contributed by atoms with Crippen molar-refractivity contribution in [2.75, 3.05) is 4.90 Å². The molecule has 0 saturated carbocycles. The Labute approximate surface area is 156 Å². The second-order valence-corrected chi connectivity index (χ2v) is 8.13. The molecule has 5 heteroatoms. The van der Waals surface area contributed by atoms with Gasteiger partial charge in [-0.1, -0.05) is 38.1 Å². The zero-order valence-electron chi connectivity index (χ0n) is 15.2. The number of imide groups is 1. The highest BCUT2D eigenvalue weighted by molar-refractivity contribution is 8.04. The van der Waals surface area contributed by atoms with Crippen LogP contribution >= 0.6 is 11.8 Å². The first-order valence-corrected chi connectivity index (χ1v) is 9.31. The quantitative estimate of drug-likeness (QED) is 0.722. The van der Waals surface area contributed by atoms with Crippen LogP contribution in [0.2, 0.25) is 0 Å². The van der Waals surface area contributed by atoms with E-state index in [2.05, 4.69) is 0 Å². The smallest absolute Gasteiger partial charge is 0.268 e. The summed E-state index contributed by atoms with van der Waals surface area (Å²) in [4.78, 5) is 28.0. The summed E-state index contributed by atoms with van der Waals surface area (Å²) in [6, 6.07) is 11.3. The van der Waals surface area contributed by atoms with E-state index in [1.54, 1.807) is 18.2 Å². The molecule has 1 aliphatic rings. The van der Waals surface area contributed by atoms with Crippen LogP contribution in [0, 0.1) is 19.7 Å². The first-order valence-electron chi connectivity index (χ1n) is 8.43. The Morgan fingerprint density at radius 2 is 1.62 bits per heavy atom. The fourth-order valence-electron chi connectivity index (χ4n) is 2.92. The summed E-state index contributed by atoms with van der Waals surface area (Å²) in [6.45, 7) is 7.79. The number of anilines is 1. The minimum atomic E-state index is -0.379. The number of hydrogen-bond donors (Lipinski definition) is 0. The predicted molar refractivity (Wildman–Crippen MR) is 104 cm³/mol. The number of rotatable bonds is 4. The van der Waals surface area contributed by atoms with Gasteiger partial charge in [0.05, 0.1) is 16.2 Å². The first kappa shape index (κ1) is 18.4. The molecule has 0 unspecified atom stereocenters. The third-order valence-corrected chi connectivity index (χ3v) is 5.43. The standard InChI is InChI=1S/C21H20FNO2S/c1-12(2)26-19-18(15-8-10-16(22)11-9-15)20(24)23(21(19)25)17-7-5-6-13(3)14(17)4/h5-12H,1-4H3. The van der Waals surface area contributed by atoms with Crippen molar-refractivity contribution in [1.82, 2.24) is 0 Å². The Kier molecular flexibility index (Phi) is 5.01. The van der Waals surface area contributed by atoms with E-state index in [1.165, 1.54) is 28.8 Å². The van der Waals surface area contributed by atoms with Gasteiger partial charge in [0.25, 0.3) is 11.8 Å². The molecule has 1 heterocycles. The van der Waals surface area contributed by atoms with Crippen molar-refractivity contribution < 1.29 is 14.0 Å².